The molecule has 1 aliphatic rings. The summed E-state index contributed by atoms with van der Waals surface area (Å²) in [5.41, 5.74) is 3.22. The van der Waals surface area contributed by atoms with Crippen LogP contribution in [0.15, 0.2) is 91.0 Å². The van der Waals surface area contributed by atoms with Crippen molar-refractivity contribution < 1.29 is 14.1 Å². The van der Waals surface area contributed by atoms with Crippen molar-refractivity contribution in [2.45, 2.75) is 18.2 Å². The maximum atomic E-state index is 12.6. The highest BCUT2D eigenvalue weighted by Gasteiger charge is 2.48. The monoisotopic (exact) mass is 434 g/mol. The predicted octanol–water partition coefficient (Wildman–Crippen LogP) is 5.50. The van der Waals surface area contributed by atoms with E-state index in [4.69, 9.17) is 9.26 Å². The first-order chi connectivity index (χ1) is 15.1. The van der Waals surface area contributed by atoms with Gasteiger partial charge < -0.3 is 9.26 Å². The molecule has 0 N–H and O–H groups in total. The molecular formula is C25H27N2O3P. The van der Waals surface area contributed by atoms with E-state index in [1.54, 1.807) is 0 Å². The highest BCUT2D eigenvalue weighted by molar-refractivity contribution is 7.47. The fraction of sp³-hybridized carbons (Fsp3) is 0.240. The largest absolute Gasteiger partial charge is 0.467 e. The minimum Gasteiger partial charge on any atom is -0.467 e. The van der Waals surface area contributed by atoms with Gasteiger partial charge in [-0.2, -0.15) is 0 Å². The molecule has 0 radical (unpaired) electrons. The van der Waals surface area contributed by atoms with Crippen LogP contribution >= 0.6 is 8.45 Å². The Morgan fingerprint density at radius 1 is 0.774 bits per heavy atom. The Morgan fingerprint density at radius 2 is 1.19 bits per heavy atom. The smallest absolute Gasteiger partial charge is 0.340 e. The molecule has 1 saturated heterocycles. The van der Waals surface area contributed by atoms with E-state index in [1.807, 2.05) is 42.5 Å². The Bertz CT molecular complexity index is 936. The molecule has 160 valence electrons. The van der Waals surface area contributed by atoms with Gasteiger partial charge in [-0.3, -0.25) is 0 Å². The molecular weight excluding hydrogens is 407 g/mol. The topological polar surface area (TPSA) is 42.0 Å². The van der Waals surface area contributed by atoms with Crippen LogP contribution in [0.5, 0.6) is 0 Å². The Labute approximate surface area is 185 Å². The second-order valence-electron chi connectivity index (χ2n) is 7.53. The zero-order chi connectivity index (χ0) is 21.8. The zero-order valence-electron chi connectivity index (χ0n) is 18.0. The van der Waals surface area contributed by atoms with Crippen LogP contribution in [0, 0.1) is 0 Å². The third-order valence-corrected chi connectivity index (χ3v) is 7.62. The summed E-state index contributed by atoms with van der Waals surface area (Å²) in [7, 11) is 4.31. The number of esters is 1. The maximum absolute atomic E-state index is 12.6. The van der Waals surface area contributed by atoms with Crippen molar-refractivity contribution in [2.24, 2.45) is 0 Å². The Morgan fingerprint density at radius 3 is 1.61 bits per heavy atom. The molecule has 31 heavy (non-hydrogen) atoms. The maximum Gasteiger partial charge on any atom is 0.340 e. The Balaban J connectivity index is 1.71. The normalized spacial score (nSPS) is 21.1. The second kappa shape index (κ2) is 9.71. The van der Waals surface area contributed by atoms with Crippen LogP contribution in [0.25, 0.3) is 0 Å². The fourth-order valence-electron chi connectivity index (χ4n) is 4.16. The van der Waals surface area contributed by atoms with Gasteiger partial charge in [0.05, 0.1) is 19.2 Å². The molecule has 0 unspecified atom stereocenters. The first kappa shape index (κ1) is 21.7. The van der Waals surface area contributed by atoms with Crippen LogP contribution in [0.2, 0.25) is 0 Å². The summed E-state index contributed by atoms with van der Waals surface area (Å²) in [5, 5.41) is 0. The summed E-state index contributed by atoms with van der Waals surface area (Å²) < 4.78 is 16.1. The quantitative estimate of drug-likeness (QED) is 0.378. The van der Waals surface area contributed by atoms with Crippen molar-refractivity contribution in [3.63, 3.8) is 0 Å². The molecule has 1 fully saturated rings. The Kier molecular flexibility index (Phi) is 6.79. The van der Waals surface area contributed by atoms with Crippen molar-refractivity contribution in [3.05, 3.63) is 108 Å². The van der Waals surface area contributed by atoms with Gasteiger partial charge in [-0.05, 0) is 30.8 Å². The summed E-state index contributed by atoms with van der Waals surface area (Å²) in [4.78, 5) is 12.6. The van der Waals surface area contributed by atoms with E-state index in [9.17, 15) is 4.79 Å². The summed E-state index contributed by atoms with van der Waals surface area (Å²) in [6.45, 7) is 0. The molecule has 5 nitrogen and oxygen atoms in total. The van der Waals surface area contributed by atoms with Crippen molar-refractivity contribution in [1.29, 1.82) is 0 Å². The van der Waals surface area contributed by atoms with E-state index < -0.39 is 20.5 Å². The van der Waals surface area contributed by atoms with Gasteiger partial charge >= 0.3 is 5.97 Å². The highest BCUT2D eigenvalue weighted by atomic mass is 31.2. The molecule has 3 aromatic rings. The van der Waals surface area contributed by atoms with Crippen LogP contribution in [0.3, 0.4) is 0 Å². The van der Waals surface area contributed by atoms with Crippen molar-refractivity contribution in [1.82, 2.24) is 9.34 Å². The number of hydrogen-bond acceptors (Lipinski definition) is 5. The zero-order valence-corrected chi connectivity index (χ0v) is 18.9. The molecule has 0 aromatic heterocycles. The number of carbonyl (C=O) groups is 1. The molecule has 4 rings (SSSR count). The average Bonchev–Trinajstić information content (AvgIpc) is 3.08. The first-order valence-electron chi connectivity index (χ1n) is 10.3. The van der Waals surface area contributed by atoms with E-state index >= 15 is 0 Å². The van der Waals surface area contributed by atoms with Crippen LogP contribution < -0.4 is 0 Å². The molecule has 0 saturated carbocycles. The number of hydrogen-bond donors (Lipinski definition) is 0. The van der Waals surface area contributed by atoms with E-state index in [-0.39, 0.29) is 12.1 Å². The average molecular weight is 434 g/mol. The summed E-state index contributed by atoms with van der Waals surface area (Å²) in [6.07, 6.45) is -0.784. The third-order valence-electron chi connectivity index (χ3n) is 5.64. The fourth-order valence-corrected chi connectivity index (χ4v) is 6.24. The third kappa shape index (κ3) is 4.41. The van der Waals surface area contributed by atoms with Crippen LogP contribution in [-0.4, -0.2) is 36.5 Å². The molecule has 3 aromatic carbocycles. The molecule has 1 aliphatic heterocycles. The van der Waals surface area contributed by atoms with E-state index in [1.165, 1.54) is 18.2 Å². The van der Waals surface area contributed by atoms with E-state index in [2.05, 4.69) is 72.0 Å². The standard InChI is InChI=1S/C25H27N2O3P/c1-26-22(19-13-7-4-8-14-19)23(20-15-9-5-10-16-20)27(2)31(26)30-24(25(28)29-3)21-17-11-6-12-18-21/h4-18,22-24H,1-3H3/t22-,23-,24-/m1/s1. The molecule has 0 bridgehead atoms. The van der Waals surface area contributed by atoms with Gasteiger partial charge in [-0.25, -0.2) is 14.1 Å². The number of likely N-dealkylation sites (N-methyl/N-ethyl adjacent to an activating group) is 2. The van der Waals surface area contributed by atoms with Gasteiger partial charge in [0.1, 0.15) is 0 Å². The van der Waals surface area contributed by atoms with Crippen LogP contribution in [-0.2, 0) is 14.1 Å². The van der Waals surface area contributed by atoms with E-state index in [0.29, 0.717) is 0 Å². The molecule has 0 amide bonds. The summed E-state index contributed by atoms with van der Waals surface area (Å²) in [5.74, 6) is -0.394. The first-order valence-corrected chi connectivity index (χ1v) is 11.4. The van der Waals surface area contributed by atoms with Crippen molar-refractivity contribution in [3.8, 4) is 0 Å². The van der Waals surface area contributed by atoms with Gasteiger partial charge in [-0.1, -0.05) is 91.0 Å². The lowest BCUT2D eigenvalue weighted by Gasteiger charge is -2.29. The highest BCUT2D eigenvalue weighted by Crippen LogP contribution is 2.64. The van der Waals surface area contributed by atoms with Crippen LogP contribution in [0.4, 0.5) is 0 Å². The van der Waals surface area contributed by atoms with Gasteiger partial charge in [0.25, 0.3) is 0 Å². The van der Waals surface area contributed by atoms with E-state index in [0.717, 1.165) is 5.56 Å². The molecule has 0 spiro atoms. The number of benzene rings is 3. The van der Waals surface area contributed by atoms with Crippen molar-refractivity contribution in [2.75, 3.05) is 21.2 Å². The lowest BCUT2D eigenvalue weighted by Crippen LogP contribution is -2.21. The lowest BCUT2D eigenvalue weighted by atomic mass is 9.93. The number of carbonyl (C=O) groups excluding carboxylic acids is 1. The number of ether oxygens (including phenoxy) is 1. The van der Waals surface area contributed by atoms with Gasteiger partial charge in [0.15, 0.2) is 14.6 Å². The number of methoxy groups -OCH3 is 1. The molecule has 0 aliphatic carbocycles. The molecule has 1 heterocycles. The predicted molar refractivity (Wildman–Crippen MR) is 123 cm³/mol. The molecule has 6 heteroatoms. The lowest BCUT2D eigenvalue weighted by molar-refractivity contribution is -0.149. The van der Waals surface area contributed by atoms with Gasteiger partial charge in [0, 0.05) is 0 Å². The number of rotatable bonds is 6. The van der Waals surface area contributed by atoms with Gasteiger partial charge in [0.2, 0.25) is 0 Å². The summed E-state index contributed by atoms with van der Waals surface area (Å²) in [6, 6.07) is 30.6. The molecule has 3 atom stereocenters. The Hall–Kier alpha value is -2.56. The summed E-state index contributed by atoms with van der Waals surface area (Å²) >= 11 is 0. The second-order valence-corrected chi connectivity index (χ2v) is 9.51. The SMILES string of the molecule is COC(=O)[C@H](OP1N(C)[C@H](c2ccccc2)[C@@H](c2ccccc2)N1C)c1ccccc1. The minimum absolute atomic E-state index is 0.0915. The minimum atomic E-state index is -1.23. The van der Waals surface area contributed by atoms with Crippen molar-refractivity contribution >= 4 is 14.4 Å². The number of nitrogens with zero attached hydrogens (tertiary/aromatic N) is 2. The van der Waals surface area contributed by atoms with Crippen LogP contribution in [0.1, 0.15) is 34.9 Å². The van der Waals surface area contributed by atoms with Gasteiger partial charge in [-0.15, -0.1) is 0 Å².